The number of carboxylic acid groups (broad SMARTS) is 1. The summed E-state index contributed by atoms with van der Waals surface area (Å²) in [5.41, 5.74) is 0.948. The van der Waals surface area contributed by atoms with Gasteiger partial charge in [0.05, 0.1) is 23.6 Å². The van der Waals surface area contributed by atoms with Crippen LogP contribution in [0.4, 0.5) is 0 Å². The van der Waals surface area contributed by atoms with Crippen molar-refractivity contribution in [3.8, 4) is 0 Å². The first-order valence-electron chi connectivity index (χ1n) is 7.71. The zero-order valence-corrected chi connectivity index (χ0v) is 13.3. The lowest BCUT2D eigenvalue weighted by molar-refractivity contribution is -0.140. The van der Waals surface area contributed by atoms with Gasteiger partial charge in [-0.3, -0.25) is 14.2 Å². The number of hydrogen-bond donors (Lipinski definition) is 2. The van der Waals surface area contributed by atoms with Gasteiger partial charge in [-0.1, -0.05) is 12.1 Å². The summed E-state index contributed by atoms with van der Waals surface area (Å²) in [5, 5.41) is 9.04. The molecule has 8 heteroatoms. The number of hydrogen-bond acceptors (Lipinski definition) is 4. The lowest BCUT2D eigenvalue weighted by atomic mass is 10.1. The van der Waals surface area contributed by atoms with E-state index < -0.39 is 12.0 Å². The highest BCUT2D eigenvalue weighted by Crippen LogP contribution is 2.23. The van der Waals surface area contributed by atoms with E-state index in [1.807, 2.05) is 0 Å². The summed E-state index contributed by atoms with van der Waals surface area (Å²) in [5.74, 6) is -1.24. The molecule has 1 aromatic heterocycles. The van der Waals surface area contributed by atoms with Gasteiger partial charge in [0.25, 0.3) is 0 Å². The van der Waals surface area contributed by atoms with Crippen molar-refractivity contribution in [2.24, 2.45) is 0 Å². The van der Waals surface area contributed by atoms with Crippen LogP contribution in [-0.4, -0.2) is 57.2 Å². The normalized spacial score (nSPS) is 20.6. The summed E-state index contributed by atoms with van der Waals surface area (Å²) in [6.07, 6.45) is 0.170. The minimum atomic E-state index is -0.959. The minimum absolute atomic E-state index is 0.130. The molecular formula is C16H19N3O5. The fraction of sp³-hybridized carbons (Fsp3) is 0.438. The van der Waals surface area contributed by atoms with E-state index in [2.05, 4.69) is 4.98 Å². The fourth-order valence-corrected chi connectivity index (χ4v) is 3.23. The standard InChI is InChI=1S/C16H19N3O5/c1-24-11-6-10(7-15(21)22)18(8-11)14(20)9-19-13-5-3-2-4-12(13)17-16(19)23/h2-5,10-11H,6-9H2,1H3,(H,17,23)(H,21,22). The smallest absolute Gasteiger partial charge is 0.326 e. The molecule has 2 aromatic rings. The number of rotatable bonds is 5. The predicted octanol–water partition coefficient (Wildman–Crippen LogP) is 0.420. The molecule has 0 saturated carbocycles. The molecule has 1 aromatic carbocycles. The van der Waals surface area contributed by atoms with Crippen molar-refractivity contribution >= 4 is 22.9 Å². The Bertz CT molecular complexity index is 824. The Kier molecular flexibility index (Phi) is 4.39. The van der Waals surface area contributed by atoms with Gasteiger partial charge < -0.3 is 19.7 Å². The van der Waals surface area contributed by atoms with E-state index in [4.69, 9.17) is 9.84 Å². The molecule has 2 atom stereocenters. The van der Waals surface area contributed by atoms with E-state index in [0.717, 1.165) is 0 Å². The number of nitrogens with one attached hydrogen (secondary N) is 1. The number of carbonyl (C=O) groups excluding carboxylic acids is 1. The Morgan fingerprint density at radius 1 is 1.38 bits per heavy atom. The molecule has 0 aliphatic carbocycles. The highest BCUT2D eigenvalue weighted by molar-refractivity contribution is 5.81. The number of aliphatic carboxylic acids is 1. The molecule has 1 fully saturated rings. The Morgan fingerprint density at radius 2 is 2.12 bits per heavy atom. The fourth-order valence-electron chi connectivity index (χ4n) is 3.23. The molecular weight excluding hydrogens is 314 g/mol. The second-order valence-corrected chi connectivity index (χ2v) is 5.92. The number of nitrogens with zero attached hydrogens (tertiary/aromatic N) is 2. The van der Waals surface area contributed by atoms with Gasteiger partial charge in [-0.05, 0) is 18.6 Å². The molecule has 24 heavy (non-hydrogen) atoms. The zero-order chi connectivity index (χ0) is 17.3. The molecule has 1 amide bonds. The number of carboxylic acids is 1. The van der Waals surface area contributed by atoms with Crippen LogP contribution in [-0.2, 0) is 20.9 Å². The third-order valence-corrected chi connectivity index (χ3v) is 4.41. The molecule has 1 aliphatic rings. The van der Waals surface area contributed by atoms with Crippen molar-refractivity contribution in [3.63, 3.8) is 0 Å². The Balaban J connectivity index is 1.83. The van der Waals surface area contributed by atoms with E-state index in [1.165, 1.54) is 9.47 Å². The van der Waals surface area contributed by atoms with Gasteiger partial charge in [-0.25, -0.2) is 4.79 Å². The number of benzene rings is 1. The molecule has 1 saturated heterocycles. The molecule has 0 bridgehead atoms. The van der Waals surface area contributed by atoms with Gasteiger partial charge >= 0.3 is 11.7 Å². The quantitative estimate of drug-likeness (QED) is 0.825. The predicted molar refractivity (Wildman–Crippen MR) is 85.7 cm³/mol. The number of amides is 1. The van der Waals surface area contributed by atoms with Crippen molar-refractivity contribution in [2.45, 2.75) is 31.5 Å². The van der Waals surface area contributed by atoms with Crippen molar-refractivity contribution in [1.82, 2.24) is 14.5 Å². The molecule has 2 N–H and O–H groups in total. The van der Waals surface area contributed by atoms with Crippen LogP contribution in [0.2, 0.25) is 0 Å². The number of H-pyrrole nitrogens is 1. The van der Waals surface area contributed by atoms with E-state index in [1.54, 1.807) is 31.4 Å². The second kappa shape index (κ2) is 6.48. The molecule has 128 valence electrons. The summed E-state index contributed by atoms with van der Waals surface area (Å²) in [7, 11) is 1.54. The van der Waals surface area contributed by atoms with Crippen molar-refractivity contribution in [1.29, 1.82) is 0 Å². The third-order valence-electron chi connectivity index (χ3n) is 4.41. The first-order valence-corrected chi connectivity index (χ1v) is 7.71. The molecule has 3 rings (SSSR count). The molecule has 8 nitrogen and oxygen atoms in total. The van der Waals surface area contributed by atoms with E-state index >= 15 is 0 Å². The van der Waals surface area contributed by atoms with Gasteiger partial charge in [0.15, 0.2) is 0 Å². The Hall–Kier alpha value is -2.61. The first kappa shape index (κ1) is 16.3. The number of aromatic amines is 1. The third kappa shape index (κ3) is 3.05. The monoisotopic (exact) mass is 333 g/mol. The van der Waals surface area contributed by atoms with Crippen LogP contribution in [0.5, 0.6) is 0 Å². The number of aromatic nitrogens is 2. The largest absolute Gasteiger partial charge is 0.481 e. The highest BCUT2D eigenvalue weighted by Gasteiger charge is 2.36. The van der Waals surface area contributed by atoms with Gasteiger partial charge in [-0.2, -0.15) is 0 Å². The van der Waals surface area contributed by atoms with Gasteiger partial charge in [0, 0.05) is 19.7 Å². The van der Waals surface area contributed by atoms with Gasteiger partial charge in [0.2, 0.25) is 5.91 Å². The lowest BCUT2D eigenvalue weighted by Gasteiger charge is -2.23. The topological polar surface area (TPSA) is 105 Å². The lowest BCUT2D eigenvalue weighted by Crippen LogP contribution is -2.40. The number of imidazole rings is 1. The van der Waals surface area contributed by atoms with Crippen molar-refractivity contribution < 1.29 is 19.4 Å². The van der Waals surface area contributed by atoms with Crippen molar-refractivity contribution in [2.75, 3.05) is 13.7 Å². The van der Waals surface area contributed by atoms with E-state index in [9.17, 15) is 14.4 Å². The highest BCUT2D eigenvalue weighted by atomic mass is 16.5. The number of fused-ring (bicyclic) bond motifs is 1. The molecule has 0 spiro atoms. The molecule has 0 radical (unpaired) electrons. The van der Waals surface area contributed by atoms with Crippen LogP contribution in [0.1, 0.15) is 12.8 Å². The van der Waals surface area contributed by atoms with Crippen LogP contribution < -0.4 is 5.69 Å². The van der Waals surface area contributed by atoms with Crippen LogP contribution in [0.15, 0.2) is 29.1 Å². The molecule has 2 unspecified atom stereocenters. The number of methoxy groups -OCH3 is 1. The maximum absolute atomic E-state index is 12.7. The Morgan fingerprint density at radius 3 is 2.83 bits per heavy atom. The number of ether oxygens (including phenoxy) is 1. The summed E-state index contributed by atoms with van der Waals surface area (Å²) in [6.45, 7) is 0.208. The average molecular weight is 333 g/mol. The van der Waals surface area contributed by atoms with Gasteiger partial charge in [-0.15, -0.1) is 0 Å². The minimum Gasteiger partial charge on any atom is -0.481 e. The van der Waals surface area contributed by atoms with Crippen LogP contribution in [0.25, 0.3) is 11.0 Å². The van der Waals surface area contributed by atoms with Gasteiger partial charge in [0.1, 0.15) is 6.54 Å². The number of carbonyl (C=O) groups is 2. The van der Waals surface area contributed by atoms with E-state index in [0.29, 0.717) is 24.0 Å². The summed E-state index contributed by atoms with van der Waals surface area (Å²) in [4.78, 5) is 40.0. The van der Waals surface area contributed by atoms with Crippen molar-refractivity contribution in [3.05, 3.63) is 34.7 Å². The van der Waals surface area contributed by atoms with Crippen LogP contribution in [0.3, 0.4) is 0 Å². The SMILES string of the molecule is COC1CC(CC(=O)O)N(C(=O)Cn2c(=O)[nH]c3ccccc32)C1. The number of para-hydroxylation sites is 2. The van der Waals surface area contributed by atoms with Crippen LogP contribution >= 0.6 is 0 Å². The van der Waals surface area contributed by atoms with Crippen LogP contribution in [0, 0.1) is 0 Å². The average Bonchev–Trinajstić information content (AvgIpc) is 3.08. The molecule has 2 heterocycles. The number of likely N-dealkylation sites (tertiary alicyclic amines) is 1. The summed E-state index contributed by atoms with van der Waals surface area (Å²) in [6, 6.07) is 6.71. The van der Waals surface area contributed by atoms with E-state index in [-0.39, 0.29) is 30.7 Å². The summed E-state index contributed by atoms with van der Waals surface area (Å²) >= 11 is 0. The second-order valence-electron chi connectivity index (χ2n) is 5.92. The zero-order valence-electron chi connectivity index (χ0n) is 13.3. The first-order chi connectivity index (χ1) is 11.5. The molecule has 1 aliphatic heterocycles. The maximum Gasteiger partial charge on any atom is 0.326 e. The summed E-state index contributed by atoms with van der Waals surface area (Å²) < 4.78 is 6.64. The Labute approximate surface area is 137 Å². The maximum atomic E-state index is 12.7.